The van der Waals surface area contributed by atoms with Crippen molar-refractivity contribution >= 4 is 5.82 Å². The molecule has 102 valence electrons. The zero-order valence-corrected chi connectivity index (χ0v) is 11.5. The summed E-state index contributed by atoms with van der Waals surface area (Å²) in [6.07, 6.45) is 3.24. The smallest absolute Gasteiger partial charge is 0.218 e. The van der Waals surface area contributed by atoms with Crippen LogP contribution in [0.3, 0.4) is 0 Å². The molecule has 0 aliphatic heterocycles. The maximum atomic E-state index is 5.54. The van der Waals surface area contributed by atoms with E-state index in [1.165, 1.54) is 0 Å². The molecule has 0 aromatic carbocycles. The van der Waals surface area contributed by atoms with Gasteiger partial charge in [-0.1, -0.05) is 20.3 Å². The maximum Gasteiger partial charge on any atom is 0.218 e. The molecular weight excluding hydrogens is 230 g/mol. The zero-order valence-electron chi connectivity index (χ0n) is 11.5. The lowest BCUT2D eigenvalue weighted by atomic mass is 10.3. The molecule has 0 radical (unpaired) electrons. The van der Waals surface area contributed by atoms with Crippen molar-refractivity contribution in [2.75, 3.05) is 25.6 Å². The summed E-state index contributed by atoms with van der Waals surface area (Å²) in [7, 11) is 1.63. The number of unbranched alkanes of at least 4 members (excludes halogenated alkanes) is 1. The van der Waals surface area contributed by atoms with Crippen LogP contribution in [0.15, 0.2) is 6.07 Å². The molecule has 0 saturated heterocycles. The van der Waals surface area contributed by atoms with Gasteiger partial charge in [-0.2, -0.15) is 4.98 Å². The molecule has 0 amide bonds. The largest absolute Gasteiger partial charge is 0.478 e. The SMILES string of the molecule is CCCCNc1cc(OCCC)nc(COC)n1. The topological polar surface area (TPSA) is 56.3 Å². The zero-order chi connectivity index (χ0) is 13.2. The van der Waals surface area contributed by atoms with E-state index >= 15 is 0 Å². The summed E-state index contributed by atoms with van der Waals surface area (Å²) in [5.41, 5.74) is 0. The van der Waals surface area contributed by atoms with Gasteiger partial charge in [0.25, 0.3) is 0 Å². The van der Waals surface area contributed by atoms with Crippen LogP contribution in [-0.2, 0) is 11.3 Å². The number of methoxy groups -OCH3 is 1. The second kappa shape index (κ2) is 8.69. The van der Waals surface area contributed by atoms with Crippen LogP contribution in [0.5, 0.6) is 5.88 Å². The molecule has 1 N–H and O–H groups in total. The van der Waals surface area contributed by atoms with Gasteiger partial charge in [0.2, 0.25) is 5.88 Å². The Morgan fingerprint density at radius 3 is 2.72 bits per heavy atom. The van der Waals surface area contributed by atoms with Crippen molar-refractivity contribution in [3.05, 3.63) is 11.9 Å². The molecule has 5 nitrogen and oxygen atoms in total. The summed E-state index contributed by atoms with van der Waals surface area (Å²) < 4.78 is 10.6. The minimum absolute atomic E-state index is 0.395. The van der Waals surface area contributed by atoms with Gasteiger partial charge in [0.05, 0.1) is 6.61 Å². The van der Waals surface area contributed by atoms with Gasteiger partial charge in [0.15, 0.2) is 5.82 Å². The van der Waals surface area contributed by atoms with Crippen molar-refractivity contribution < 1.29 is 9.47 Å². The van der Waals surface area contributed by atoms with E-state index in [2.05, 4.69) is 29.1 Å². The first-order valence-corrected chi connectivity index (χ1v) is 6.53. The number of anilines is 1. The number of aromatic nitrogens is 2. The Kier molecular flexibility index (Phi) is 7.10. The molecule has 1 aromatic heterocycles. The lowest BCUT2D eigenvalue weighted by molar-refractivity contribution is 0.176. The third kappa shape index (κ3) is 5.31. The number of ether oxygens (including phenoxy) is 2. The highest BCUT2D eigenvalue weighted by molar-refractivity contribution is 5.38. The number of nitrogens with zero attached hydrogens (tertiary/aromatic N) is 2. The maximum absolute atomic E-state index is 5.54. The van der Waals surface area contributed by atoms with Crippen LogP contribution in [0, 0.1) is 0 Å². The van der Waals surface area contributed by atoms with E-state index in [1.807, 2.05) is 6.07 Å². The summed E-state index contributed by atoms with van der Waals surface area (Å²) in [4.78, 5) is 8.67. The van der Waals surface area contributed by atoms with E-state index in [0.29, 0.717) is 24.9 Å². The molecule has 0 saturated carbocycles. The molecule has 0 atom stereocenters. The molecule has 0 unspecified atom stereocenters. The van der Waals surface area contributed by atoms with Crippen LogP contribution in [0.1, 0.15) is 38.9 Å². The molecule has 0 aliphatic carbocycles. The Labute approximate surface area is 109 Å². The van der Waals surface area contributed by atoms with E-state index in [4.69, 9.17) is 9.47 Å². The Bertz CT molecular complexity index is 345. The standard InChI is InChI=1S/C13H23N3O2/c1-4-6-7-14-11-9-13(18-8-5-2)16-12(15-11)10-17-3/h9H,4-8,10H2,1-3H3,(H,14,15,16). The van der Waals surface area contributed by atoms with Gasteiger partial charge < -0.3 is 14.8 Å². The van der Waals surface area contributed by atoms with Gasteiger partial charge in [0, 0.05) is 19.7 Å². The van der Waals surface area contributed by atoms with Crippen molar-refractivity contribution in [1.82, 2.24) is 9.97 Å². The first-order chi connectivity index (χ1) is 8.80. The number of hydrogen-bond acceptors (Lipinski definition) is 5. The molecule has 0 spiro atoms. The Balaban J connectivity index is 2.70. The van der Waals surface area contributed by atoms with Gasteiger partial charge in [0.1, 0.15) is 12.4 Å². The fraction of sp³-hybridized carbons (Fsp3) is 0.692. The fourth-order valence-corrected chi connectivity index (χ4v) is 1.43. The minimum Gasteiger partial charge on any atom is -0.478 e. The predicted octanol–water partition coefficient (Wildman–Crippen LogP) is 2.62. The molecule has 1 heterocycles. The summed E-state index contributed by atoms with van der Waals surface area (Å²) in [5, 5.41) is 3.27. The monoisotopic (exact) mass is 253 g/mol. The van der Waals surface area contributed by atoms with Crippen LogP contribution < -0.4 is 10.1 Å². The van der Waals surface area contributed by atoms with E-state index in [-0.39, 0.29) is 0 Å². The first-order valence-electron chi connectivity index (χ1n) is 6.53. The van der Waals surface area contributed by atoms with Gasteiger partial charge in [-0.3, -0.25) is 0 Å². The normalized spacial score (nSPS) is 10.4. The van der Waals surface area contributed by atoms with Gasteiger partial charge in [-0.25, -0.2) is 4.98 Å². The summed E-state index contributed by atoms with van der Waals surface area (Å²) in [5.74, 6) is 2.06. The summed E-state index contributed by atoms with van der Waals surface area (Å²) >= 11 is 0. The van der Waals surface area contributed by atoms with E-state index in [1.54, 1.807) is 7.11 Å². The quantitative estimate of drug-likeness (QED) is 0.686. The molecule has 0 aliphatic rings. The van der Waals surface area contributed by atoms with Crippen LogP contribution >= 0.6 is 0 Å². The van der Waals surface area contributed by atoms with Crippen LogP contribution in [0.2, 0.25) is 0 Å². The van der Waals surface area contributed by atoms with Crippen LogP contribution in [0.4, 0.5) is 5.82 Å². The van der Waals surface area contributed by atoms with Crippen molar-refractivity contribution in [2.24, 2.45) is 0 Å². The molecule has 1 rings (SSSR count). The number of rotatable bonds is 9. The van der Waals surface area contributed by atoms with Crippen molar-refractivity contribution in [2.45, 2.75) is 39.7 Å². The number of hydrogen-bond donors (Lipinski definition) is 1. The second-order valence-electron chi connectivity index (χ2n) is 4.07. The molecule has 0 bridgehead atoms. The molecule has 18 heavy (non-hydrogen) atoms. The summed E-state index contributed by atoms with van der Waals surface area (Å²) in [6, 6.07) is 1.84. The highest BCUT2D eigenvalue weighted by atomic mass is 16.5. The minimum atomic E-state index is 0.395. The highest BCUT2D eigenvalue weighted by Crippen LogP contribution is 2.14. The average molecular weight is 253 g/mol. The van der Waals surface area contributed by atoms with Gasteiger partial charge >= 0.3 is 0 Å². The van der Waals surface area contributed by atoms with E-state index in [9.17, 15) is 0 Å². The summed E-state index contributed by atoms with van der Waals surface area (Å²) in [6.45, 7) is 6.20. The van der Waals surface area contributed by atoms with Crippen molar-refractivity contribution in [3.8, 4) is 5.88 Å². The Hall–Kier alpha value is -1.36. The predicted molar refractivity (Wildman–Crippen MR) is 71.9 cm³/mol. The third-order valence-corrected chi connectivity index (χ3v) is 2.31. The second-order valence-corrected chi connectivity index (χ2v) is 4.07. The van der Waals surface area contributed by atoms with Crippen LogP contribution in [-0.4, -0.2) is 30.2 Å². The lowest BCUT2D eigenvalue weighted by Gasteiger charge is -2.10. The molecular formula is C13H23N3O2. The lowest BCUT2D eigenvalue weighted by Crippen LogP contribution is -2.08. The molecule has 5 heteroatoms. The van der Waals surface area contributed by atoms with Crippen molar-refractivity contribution in [1.29, 1.82) is 0 Å². The van der Waals surface area contributed by atoms with E-state index < -0.39 is 0 Å². The molecule has 1 aromatic rings. The average Bonchev–Trinajstić information content (AvgIpc) is 2.37. The molecule has 0 fully saturated rings. The van der Waals surface area contributed by atoms with Crippen LogP contribution in [0.25, 0.3) is 0 Å². The third-order valence-electron chi connectivity index (χ3n) is 2.31. The Morgan fingerprint density at radius 1 is 1.22 bits per heavy atom. The first kappa shape index (κ1) is 14.7. The van der Waals surface area contributed by atoms with E-state index in [0.717, 1.165) is 31.6 Å². The highest BCUT2D eigenvalue weighted by Gasteiger charge is 2.05. The van der Waals surface area contributed by atoms with Gasteiger partial charge in [-0.05, 0) is 12.8 Å². The number of nitrogens with one attached hydrogen (secondary N) is 1. The van der Waals surface area contributed by atoms with Gasteiger partial charge in [-0.15, -0.1) is 0 Å². The Morgan fingerprint density at radius 2 is 2.06 bits per heavy atom. The van der Waals surface area contributed by atoms with Crippen molar-refractivity contribution in [3.63, 3.8) is 0 Å². The fourth-order valence-electron chi connectivity index (χ4n) is 1.43.